The zero-order chi connectivity index (χ0) is 17.8. The highest BCUT2D eigenvalue weighted by atomic mass is 35.5. The van der Waals surface area contributed by atoms with Crippen LogP contribution in [0.5, 0.6) is 0 Å². The summed E-state index contributed by atoms with van der Waals surface area (Å²) in [6.07, 6.45) is 0. The number of halogens is 1. The van der Waals surface area contributed by atoms with E-state index in [1.807, 2.05) is 32.0 Å². The van der Waals surface area contributed by atoms with E-state index in [1.54, 1.807) is 16.1 Å². The minimum absolute atomic E-state index is 0.0762. The molecule has 0 aliphatic rings. The van der Waals surface area contributed by atoms with Crippen LogP contribution in [0.3, 0.4) is 0 Å². The van der Waals surface area contributed by atoms with Gasteiger partial charge in [0.1, 0.15) is 10.4 Å². The quantitative estimate of drug-likeness (QED) is 0.714. The van der Waals surface area contributed by atoms with Crippen LogP contribution < -0.4 is 10.5 Å². The molecule has 0 aromatic carbocycles. The van der Waals surface area contributed by atoms with Gasteiger partial charge in [-0.05, 0) is 24.5 Å². The first kappa shape index (κ1) is 17.0. The fourth-order valence-corrected chi connectivity index (χ4v) is 3.90. The lowest BCUT2D eigenvalue weighted by molar-refractivity contribution is 0.764. The van der Waals surface area contributed by atoms with Crippen molar-refractivity contribution < 1.29 is 0 Å². The molecular weight excluding hydrogens is 346 g/mol. The molecule has 0 aliphatic heterocycles. The lowest BCUT2D eigenvalue weighted by atomic mass is 10.1. The third-order valence-corrected chi connectivity index (χ3v) is 5.59. The molecule has 3 aromatic heterocycles. The van der Waals surface area contributed by atoms with E-state index in [9.17, 15) is 4.79 Å². The maximum absolute atomic E-state index is 12.9. The van der Waals surface area contributed by atoms with Gasteiger partial charge < -0.3 is 4.90 Å². The Morgan fingerprint density at radius 1 is 1.33 bits per heavy atom. The van der Waals surface area contributed by atoms with Gasteiger partial charge in [-0.25, -0.2) is 9.50 Å². The molecule has 0 atom stereocenters. The van der Waals surface area contributed by atoms with Crippen molar-refractivity contribution in [3.63, 3.8) is 0 Å². The molecule has 0 aliphatic carbocycles. The molecule has 0 amide bonds. The normalized spacial score (nSPS) is 11.7. The fourth-order valence-electron chi connectivity index (χ4n) is 2.67. The second-order valence-corrected chi connectivity index (χ2v) is 7.69. The van der Waals surface area contributed by atoms with Crippen LogP contribution in [0.4, 0.5) is 5.13 Å². The van der Waals surface area contributed by atoms with E-state index in [0.29, 0.717) is 21.4 Å². The summed E-state index contributed by atoms with van der Waals surface area (Å²) in [6.45, 7) is 6.10. The molecule has 0 spiro atoms. The standard InChI is InChI=1S/C16H20ClN5OS/c1-8(2)10-7-9(3)22-11(10)15(23)21(6)14(19-22)12-13(17)18-16(24-12)20(4)5/h7-8H,1-6H3. The van der Waals surface area contributed by atoms with Crippen molar-refractivity contribution >= 4 is 33.6 Å². The first-order chi connectivity index (χ1) is 11.2. The summed E-state index contributed by atoms with van der Waals surface area (Å²) in [5, 5.41) is 5.82. The van der Waals surface area contributed by atoms with Gasteiger partial charge in [0.25, 0.3) is 5.56 Å². The molecule has 8 heteroatoms. The van der Waals surface area contributed by atoms with Crippen LogP contribution in [0.25, 0.3) is 16.2 Å². The summed E-state index contributed by atoms with van der Waals surface area (Å²) in [4.78, 5) is 19.9. The largest absolute Gasteiger partial charge is 0.354 e. The summed E-state index contributed by atoms with van der Waals surface area (Å²) in [5.74, 6) is 0.776. The summed E-state index contributed by atoms with van der Waals surface area (Å²) < 4.78 is 3.28. The van der Waals surface area contributed by atoms with Gasteiger partial charge in [0.05, 0.1) is 0 Å². The van der Waals surface area contributed by atoms with Crippen molar-refractivity contribution in [2.24, 2.45) is 7.05 Å². The summed E-state index contributed by atoms with van der Waals surface area (Å²) in [5.41, 5.74) is 2.49. The lowest BCUT2D eigenvalue weighted by Gasteiger charge is -2.09. The highest BCUT2D eigenvalue weighted by molar-refractivity contribution is 7.19. The Labute approximate surface area is 149 Å². The number of thiazole rings is 1. The highest BCUT2D eigenvalue weighted by Gasteiger charge is 2.21. The molecule has 0 saturated heterocycles. The molecule has 6 nitrogen and oxygen atoms in total. The van der Waals surface area contributed by atoms with Crippen LogP contribution in [-0.4, -0.2) is 33.3 Å². The van der Waals surface area contributed by atoms with Crippen LogP contribution in [0.2, 0.25) is 5.15 Å². The minimum Gasteiger partial charge on any atom is -0.354 e. The summed E-state index contributed by atoms with van der Waals surface area (Å²) in [6, 6.07) is 2.03. The Bertz CT molecular complexity index is 983. The topological polar surface area (TPSA) is 55.4 Å². The van der Waals surface area contributed by atoms with Crippen molar-refractivity contribution in [1.29, 1.82) is 0 Å². The lowest BCUT2D eigenvalue weighted by Crippen LogP contribution is -2.24. The van der Waals surface area contributed by atoms with Crippen molar-refractivity contribution in [3.05, 3.63) is 32.8 Å². The zero-order valence-corrected chi connectivity index (χ0v) is 16.2. The van der Waals surface area contributed by atoms with Gasteiger partial charge in [-0.3, -0.25) is 9.36 Å². The Kier molecular flexibility index (Phi) is 4.17. The highest BCUT2D eigenvalue weighted by Crippen LogP contribution is 2.36. The third kappa shape index (κ3) is 2.52. The molecule has 0 N–H and O–H groups in total. The number of rotatable bonds is 3. The van der Waals surface area contributed by atoms with Crippen molar-refractivity contribution in [1.82, 2.24) is 19.2 Å². The first-order valence-electron chi connectivity index (χ1n) is 7.65. The zero-order valence-electron chi connectivity index (χ0n) is 14.6. The van der Waals surface area contributed by atoms with Crippen LogP contribution in [0.15, 0.2) is 10.9 Å². The van der Waals surface area contributed by atoms with Gasteiger partial charge in [-0.15, -0.1) is 5.10 Å². The third-order valence-electron chi connectivity index (χ3n) is 3.99. The molecule has 3 heterocycles. The number of aromatic nitrogens is 4. The van der Waals surface area contributed by atoms with Crippen molar-refractivity contribution in [3.8, 4) is 10.7 Å². The van der Waals surface area contributed by atoms with Gasteiger partial charge in [0.15, 0.2) is 16.1 Å². The summed E-state index contributed by atoms with van der Waals surface area (Å²) >= 11 is 7.72. The average Bonchev–Trinajstić information content (AvgIpc) is 3.04. The van der Waals surface area contributed by atoms with E-state index in [2.05, 4.69) is 23.9 Å². The van der Waals surface area contributed by atoms with Crippen LogP contribution in [0, 0.1) is 6.92 Å². The Morgan fingerprint density at radius 2 is 2.00 bits per heavy atom. The van der Waals surface area contributed by atoms with E-state index in [-0.39, 0.29) is 11.5 Å². The van der Waals surface area contributed by atoms with Gasteiger partial charge in [0, 0.05) is 26.8 Å². The van der Waals surface area contributed by atoms with Crippen molar-refractivity contribution in [2.75, 3.05) is 19.0 Å². The number of hydrogen-bond donors (Lipinski definition) is 0. The van der Waals surface area contributed by atoms with Gasteiger partial charge in [-0.2, -0.15) is 0 Å². The van der Waals surface area contributed by atoms with E-state index in [4.69, 9.17) is 11.6 Å². The number of aryl methyl sites for hydroxylation is 1. The second-order valence-electron chi connectivity index (χ2n) is 6.35. The van der Waals surface area contributed by atoms with Gasteiger partial charge >= 0.3 is 0 Å². The summed E-state index contributed by atoms with van der Waals surface area (Å²) in [7, 11) is 5.53. The van der Waals surface area contributed by atoms with Gasteiger partial charge in [0.2, 0.25) is 0 Å². The van der Waals surface area contributed by atoms with E-state index in [0.717, 1.165) is 16.4 Å². The molecule has 128 valence electrons. The first-order valence-corrected chi connectivity index (χ1v) is 8.85. The Balaban J connectivity index is 2.34. The van der Waals surface area contributed by atoms with Crippen LogP contribution in [-0.2, 0) is 7.05 Å². The number of nitrogens with zero attached hydrogens (tertiary/aromatic N) is 5. The molecule has 3 rings (SSSR count). The molecule has 0 radical (unpaired) electrons. The molecule has 24 heavy (non-hydrogen) atoms. The smallest absolute Gasteiger partial charge is 0.278 e. The van der Waals surface area contributed by atoms with Crippen LogP contribution in [0.1, 0.15) is 31.0 Å². The maximum Gasteiger partial charge on any atom is 0.278 e. The maximum atomic E-state index is 12.9. The Morgan fingerprint density at radius 3 is 2.54 bits per heavy atom. The monoisotopic (exact) mass is 365 g/mol. The number of anilines is 1. The minimum atomic E-state index is -0.0762. The molecule has 0 unspecified atom stereocenters. The average molecular weight is 366 g/mol. The number of hydrogen-bond acceptors (Lipinski definition) is 5. The van der Waals surface area contributed by atoms with E-state index < -0.39 is 0 Å². The molecule has 3 aromatic rings. The predicted molar refractivity (Wildman–Crippen MR) is 99.7 cm³/mol. The second kappa shape index (κ2) is 5.89. The Hall–Kier alpha value is -1.86. The SMILES string of the molecule is Cc1cc(C(C)C)c2c(=O)n(C)c(-c3sc(N(C)C)nc3Cl)nn12. The van der Waals surface area contributed by atoms with Crippen LogP contribution >= 0.6 is 22.9 Å². The number of fused-ring (bicyclic) bond motifs is 1. The van der Waals surface area contributed by atoms with Crippen molar-refractivity contribution in [2.45, 2.75) is 26.7 Å². The molecule has 0 saturated carbocycles. The van der Waals surface area contributed by atoms with E-state index in [1.165, 1.54) is 11.3 Å². The fraction of sp³-hybridized carbons (Fsp3) is 0.438. The predicted octanol–water partition coefficient (Wildman–Crippen LogP) is 3.31. The van der Waals surface area contributed by atoms with Gasteiger partial charge in [-0.1, -0.05) is 36.8 Å². The molecular formula is C16H20ClN5OS. The van der Waals surface area contributed by atoms with E-state index >= 15 is 0 Å². The molecule has 0 fully saturated rings. The molecule has 0 bridgehead atoms.